The highest BCUT2D eigenvalue weighted by Crippen LogP contribution is 2.34. The first-order valence-electron chi connectivity index (χ1n) is 13.1. The molecule has 40 heavy (non-hydrogen) atoms. The van der Waals surface area contributed by atoms with E-state index >= 15 is 0 Å². The molecule has 0 saturated carbocycles. The first-order valence-corrected chi connectivity index (χ1v) is 13.1. The monoisotopic (exact) mass is 530 g/mol. The molecule has 0 N–H and O–H groups in total. The summed E-state index contributed by atoms with van der Waals surface area (Å²) in [4.78, 5) is 12.4. The minimum Gasteiger partial charge on any atom is -0.493 e. The largest absolute Gasteiger partial charge is 0.493 e. The lowest BCUT2D eigenvalue weighted by molar-refractivity contribution is -0.140. The van der Waals surface area contributed by atoms with Crippen molar-refractivity contribution in [2.45, 2.75) is 13.2 Å². The molecule has 0 aromatic heterocycles. The van der Waals surface area contributed by atoms with Crippen molar-refractivity contribution in [2.75, 3.05) is 13.7 Å². The molecule has 0 spiro atoms. The van der Waals surface area contributed by atoms with E-state index in [0.717, 1.165) is 39.1 Å². The topological polar surface area (TPSA) is 54.0 Å². The lowest BCUT2D eigenvalue weighted by atomic mass is 9.99. The molecule has 0 aliphatic carbocycles. The predicted octanol–water partition coefficient (Wildman–Crippen LogP) is 7.73. The quantitative estimate of drug-likeness (QED) is 0.129. The molecule has 0 radical (unpaired) electrons. The Morgan fingerprint density at radius 3 is 1.85 bits per heavy atom. The Balaban J connectivity index is 1.22. The third-order valence-electron chi connectivity index (χ3n) is 6.35. The maximum Gasteiger partial charge on any atom is 0.337 e. The summed E-state index contributed by atoms with van der Waals surface area (Å²) in [7, 11) is 1.56. The summed E-state index contributed by atoms with van der Waals surface area (Å²) in [6.45, 7) is 0.716. The molecule has 0 aliphatic heterocycles. The molecule has 0 unspecified atom stereocenters. The molecule has 0 aliphatic rings. The second kappa shape index (κ2) is 13.3. The van der Waals surface area contributed by atoms with Gasteiger partial charge < -0.3 is 18.9 Å². The maximum atomic E-state index is 12.4. The van der Waals surface area contributed by atoms with Gasteiger partial charge in [-0.2, -0.15) is 0 Å². The number of carbonyl (C=O) groups excluding carboxylic acids is 1. The molecule has 200 valence electrons. The second-order valence-corrected chi connectivity index (χ2v) is 9.20. The number of methoxy groups -OCH3 is 1. The maximum absolute atomic E-state index is 12.4. The average molecular weight is 531 g/mol. The van der Waals surface area contributed by atoms with E-state index in [1.165, 1.54) is 0 Å². The van der Waals surface area contributed by atoms with E-state index in [9.17, 15) is 4.79 Å². The minimum atomic E-state index is -0.486. The van der Waals surface area contributed by atoms with E-state index in [0.29, 0.717) is 24.7 Å². The third-order valence-corrected chi connectivity index (χ3v) is 6.35. The van der Waals surface area contributed by atoms with Gasteiger partial charge >= 0.3 is 5.97 Å². The summed E-state index contributed by atoms with van der Waals surface area (Å²) in [6, 6.07) is 41.7. The summed E-state index contributed by atoms with van der Waals surface area (Å²) in [5.41, 5.74) is 6.25. The van der Waals surface area contributed by atoms with Gasteiger partial charge in [0, 0.05) is 0 Å². The van der Waals surface area contributed by atoms with Crippen LogP contribution in [0.5, 0.6) is 17.2 Å². The zero-order chi connectivity index (χ0) is 27.6. The molecule has 0 saturated heterocycles. The third kappa shape index (κ3) is 7.16. The molecule has 5 aromatic rings. The summed E-state index contributed by atoms with van der Waals surface area (Å²) < 4.78 is 22.5. The zero-order valence-electron chi connectivity index (χ0n) is 22.3. The molecule has 0 fully saturated rings. The van der Waals surface area contributed by atoms with Crippen molar-refractivity contribution >= 4 is 5.97 Å². The first-order chi connectivity index (χ1) is 19.7. The van der Waals surface area contributed by atoms with Crippen molar-refractivity contribution in [2.24, 2.45) is 0 Å². The summed E-state index contributed by atoms with van der Waals surface area (Å²) in [6.07, 6.45) is 0. The van der Waals surface area contributed by atoms with Crippen LogP contribution < -0.4 is 14.2 Å². The predicted molar refractivity (Wildman–Crippen MR) is 156 cm³/mol. The second-order valence-electron chi connectivity index (χ2n) is 9.20. The average Bonchev–Trinajstić information content (AvgIpc) is 3.01. The van der Waals surface area contributed by atoms with Crippen LogP contribution in [0.4, 0.5) is 0 Å². The Morgan fingerprint density at radius 2 is 1.18 bits per heavy atom. The van der Waals surface area contributed by atoms with Crippen molar-refractivity contribution in [1.82, 2.24) is 0 Å². The molecule has 0 atom stereocenters. The number of ether oxygens (including phenoxy) is 4. The fraction of sp³-hybridized carbons (Fsp3) is 0.114. The first kappa shape index (κ1) is 26.7. The minimum absolute atomic E-state index is 0.155. The number of benzene rings is 5. The van der Waals surface area contributed by atoms with Crippen LogP contribution in [0.2, 0.25) is 0 Å². The van der Waals surface area contributed by atoms with Crippen molar-refractivity contribution in [3.05, 3.63) is 139 Å². The van der Waals surface area contributed by atoms with E-state index in [1.807, 2.05) is 97.1 Å². The van der Waals surface area contributed by atoms with Crippen molar-refractivity contribution in [3.8, 4) is 39.5 Å². The summed E-state index contributed by atoms with van der Waals surface area (Å²) >= 11 is 0. The molecule has 5 heteroatoms. The van der Waals surface area contributed by atoms with Gasteiger partial charge in [0.05, 0.1) is 13.7 Å². The lowest BCUT2D eigenvalue weighted by Gasteiger charge is -2.12. The number of esters is 1. The van der Waals surface area contributed by atoms with Gasteiger partial charge in [0.15, 0.2) is 11.5 Å². The van der Waals surface area contributed by atoms with Gasteiger partial charge in [-0.05, 0) is 63.7 Å². The molecule has 5 aromatic carbocycles. The van der Waals surface area contributed by atoms with Crippen LogP contribution in [0.1, 0.15) is 11.1 Å². The molecule has 0 amide bonds. The fourth-order valence-electron chi connectivity index (χ4n) is 4.27. The lowest BCUT2D eigenvalue weighted by Crippen LogP contribution is -2.16. The van der Waals surface area contributed by atoms with Crippen molar-refractivity contribution in [3.63, 3.8) is 0 Å². The van der Waals surface area contributed by atoms with Gasteiger partial charge in [-0.15, -0.1) is 0 Å². The van der Waals surface area contributed by atoms with E-state index < -0.39 is 5.97 Å². The Hall–Kier alpha value is -4.87. The highest BCUT2D eigenvalue weighted by molar-refractivity contribution is 5.77. The molecular formula is C35H30O5. The zero-order valence-corrected chi connectivity index (χ0v) is 22.3. The van der Waals surface area contributed by atoms with Crippen LogP contribution in [0.15, 0.2) is 127 Å². The standard InChI is InChI=1S/C35H30O5/c1-37-34-22-31(17-20-33(34)40-35(36)25-38-23-26-9-4-2-5-10-26)30-14-8-13-29(21-30)28-15-18-32(19-16-28)39-24-27-11-6-3-7-12-27/h2-22H,23-25H2,1H3. The van der Waals surface area contributed by atoms with Gasteiger partial charge in [-0.3, -0.25) is 0 Å². The van der Waals surface area contributed by atoms with Gasteiger partial charge in [-0.25, -0.2) is 4.79 Å². The molecule has 0 heterocycles. The van der Waals surface area contributed by atoms with Gasteiger partial charge in [0.1, 0.15) is 19.0 Å². The number of carbonyl (C=O) groups is 1. The summed E-state index contributed by atoms with van der Waals surface area (Å²) in [5.74, 6) is 1.16. The normalized spacial score (nSPS) is 10.6. The fourth-order valence-corrected chi connectivity index (χ4v) is 4.27. The molecule has 5 nitrogen and oxygen atoms in total. The van der Waals surface area contributed by atoms with Crippen LogP contribution >= 0.6 is 0 Å². The number of hydrogen-bond donors (Lipinski definition) is 0. The summed E-state index contributed by atoms with van der Waals surface area (Å²) in [5, 5.41) is 0. The smallest absolute Gasteiger partial charge is 0.337 e. The Bertz CT molecular complexity index is 1530. The van der Waals surface area contributed by atoms with E-state index in [-0.39, 0.29) is 6.61 Å². The highest BCUT2D eigenvalue weighted by Gasteiger charge is 2.13. The van der Waals surface area contributed by atoms with Gasteiger partial charge in [0.2, 0.25) is 0 Å². The van der Waals surface area contributed by atoms with Crippen LogP contribution in [-0.2, 0) is 22.7 Å². The highest BCUT2D eigenvalue weighted by atomic mass is 16.6. The van der Waals surface area contributed by atoms with E-state index in [4.69, 9.17) is 18.9 Å². The Kier molecular flexibility index (Phi) is 8.87. The van der Waals surface area contributed by atoms with Crippen LogP contribution in [0, 0.1) is 0 Å². The SMILES string of the molecule is COc1cc(-c2cccc(-c3ccc(OCc4ccccc4)cc3)c2)ccc1OC(=O)COCc1ccccc1. The van der Waals surface area contributed by atoms with Crippen LogP contribution in [0.25, 0.3) is 22.3 Å². The van der Waals surface area contributed by atoms with E-state index in [2.05, 4.69) is 24.3 Å². The van der Waals surface area contributed by atoms with E-state index in [1.54, 1.807) is 13.2 Å². The van der Waals surface area contributed by atoms with Crippen molar-refractivity contribution < 1.29 is 23.7 Å². The number of hydrogen-bond acceptors (Lipinski definition) is 5. The Labute approximate surface area is 234 Å². The van der Waals surface area contributed by atoms with Gasteiger partial charge in [-0.1, -0.05) is 97.1 Å². The van der Waals surface area contributed by atoms with Gasteiger partial charge in [0.25, 0.3) is 0 Å². The van der Waals surface area contributed by atoms with Crippen LogP contribution in [-0.4, -0.2) is 19.7 Å². The van der Waals surface area contributed by atoms with Crippen LogP contribution in [0.3, 0.4) is 0 Å². The molecule has 5 rings (SSSR count). The van der Waals surface area contributed by atoms with Crippen molar-refractivity contribution in [1.29, 1.82) is 0 Å². The number of rotatable bonds is 11. The Morgan fingerprint density at radius 1 is 0.575 bits per heavy atom. The molecule has 0 bridgehead atoms. The molecular weight excluding hydrogens is 500 g/mol.